The summed E-state index contributed by atoms with van der Waals surface area (Å²) in [6.45, 7) is 1.35. The van der Waals surface area contributed by atoms with Gasteiger partial charge in [-0.2, -0.15) is 0 Å². The number of amides is 2. The summed E-state index contributed by atoms with van der Waals surface area (Å²) in [4.78, 5) is 38.9. The lowest BCUT2D eigenvalue weighted by Gasteiger charge is -2.35. The Kier molecular flexibility index (Phi) is 6.46. The molecule has 1 fully saturated rings. The van der Waals surface area contributed by atoms with E-state index in [4.69, 9.17) is 0 Å². The summed E-state index contributed by atoms with van der Waals surface area (Å²) in [7, 11) is 2.74. The van der Waals surface area contributed by atoms with Gasteiger partial charge in [0, 0.05) is 26.7 Å². The number of esters is 1. The second-order valence-corrected chi connectivity index (χ2v) is 5.93. The van der Waals surface area contributed by atoms with Crippen LogP contribution in [0.1, 0.15) is 12.0 Å². The number of hydrogen-bond acceptors (Lipinski definition) is 5. The van der Waals surface area contributed by atoms with Gasteiger partial charge in [0.1, 0.15) is 12.4 Å². The van der Waals surface area contributed by atoms with E-state index in [-0.39, 0.29) is 30.6 Å². The third-order valence-corrected chi connectivity index (χ3v) is 4.13. The van der Waals surface area contributed by atoms with E-state index < -0.39 is 12.0 Å². The molecule has 0 radical (unpaired) electrons. The molecule has 2 rings (SSSR count). The van der Waals surface area contributed by atoms with E-state index in [1.54, 1.807) is 12.1 Å². The number of halogens is 1. The van der Waals surface area contributed by atoms with Gasteiger partial charge in [-0.05, 0) is 17.7 Å². The first-order valence-electron chi connectivity index (χ1n) is 7.97. The molecule has 1 unspecified atom stereocenters. The number of methoxy groups -OCH3 is 1. The summed E-state index contributed by atoms with van der Waals surface area (Å²) in [6, 6.07) is 5.41. The molecule has 7 nitrogen and oxygen atoms in total. The van der Waals surface area contributed by atoms with Crippen LogP contribution in [0, 0.1) is 5.82 Å². The van der Waals surface area contributed by atoms with Gasteiger partial charge in [-0.3, -0.25) is 19.3 Å². The van der Waals surface area contributed by atoms with Gasteiger partial charge in [0.25, 0.3) is 0 Å². The summed E-state index contributed by atoms with van der Waals surface area (Å²) in [5.74, 6) is -1.40. The first kappa shape index (κ1) is 18.9. The van der Waals surface area contributed by atoms with Crippen molar-refractivity contribution >= 4 is 17.8 Å². The highest BCUT2D eigenvalue weighted by atomic mass is 19.1. The number of benzene rings is 1. The zero-order valence-corrected chi connectivity index (χ0v) is 14.3. The summed E-state index contributed by atoms with van der Waals surface area (Å²) in [5, 5.41) is 2.75. The van der Waals surface area contributed by atoms with Crippen LogP contribution in [0.2, 0.25) is 0 Å². The van der Waals surface area contributed by atoms with Crippen molar-refractivity contribution in [3.8, 4) is 0 Å². The molecule has 25 heavy (non-hydrogen) atoms. The van der Waals surface area contributed by atoms with Crippen LogP contribution in [-0.4, -0.2) is 67.4 Å². The van der Waals surface area contributed by atoms with Gasteiger partial charge in [0.2, 0.25) is 11.8 Å². The molecular formula is C17H22FN3O4. The van der Waals surface area contributed by atoms with Crippen LogP contribution < -0.4 is 5.32 Å². The van der Waals surface area contributed by atoms with Crippen molar-refractivity contribution < 1.29 is 23.5 Å². The van der Waals surface area contributed by atoms with Gasteiger partial charge in [0.15, 0.2) is 0 Å². The molecule has 1 aliphatic heterocycles. The molecule has 0 aliphatic carbocycles. The average Bonchev–Trinajstić information content (AvgIpc) is 2.59. The molecular weight excluding hydrogens is 329 g/mol. The predicted molar refractivity (Wildman–Crippen MR) is 87.9 cm³/mol. The second-order valence-electron chi connectivity index (χ2n) is 5.93. The van der Waals surface area contributed by atoms with Crippen molar-refractivity contribution in [2.45, 2.75) is 19.0 Å². The molecule has 1 heterocycles. The van der Waals surface area contributed by atoms with Gasteiger partial charge >= 0.3 is 5.97 Å². The second kappa shape index (κ2) is 8.57. The maximum absolute atomic E-state index is 13.0. The quantitative estimate of drug-likeness (QED) is 0.738. The van der Waals surface area contributed by atoms with E-state index in [0.717, 1.165) is 5.56 Å². The van der Waals surface area contributed by atoms with Crippen molar-refractivity contribution in [3.63, 3.8) is 0 Å². The van der Waals surface area contributed by atoms with Crippen molar-refractivity contribution in [2.24, 2.45) is 0 Å². The predicted octanol–water partition coefficient (Wildman–Crippen LogP) is 0.148. The Bertz CT molecular complexity index is 635. The lowest BCUT2D eigenvalue weighted by molar-refractivity contribution is -0.147. The number of nitrogens with zero attached hydrogens (tertiary/aromatic N) is 2. The number of ether oxygens (including phenoxy) is 1. The van der Waals surface area contributed by atoms with Crippen LogP contribution in [0.25, 0.3) is 0 Å². The van der Waals surface area contributed by atoms with Crippen LogP contribution in [0.5, 0.6) is 0 Å². The minimum Gasteiger partial charge on any atom is -0.468 e. The van der Waals surface area contributed by atoms with Crippen molar-refractivity contribution in [1.29, 1.82) is 0 Å². The standard InChI is InChI=1S/C17H22FN3O4/c1-20(11-16(23)25-2)15(22)9-14-17(24)19-7-8-21(14)10-12-3-5-13(18)6-4-12/h3-6,14H,7-11H2,1-2H3,(H,19,24). The van der Waals surface area contributed by atoms with E-state index >= 15 is 0 Å². The molecule has 0 aromatic heterocycles. The maximum Gasteiger partial charge on any atom is 0.325 e. The number of nitrogens with one attached hydrogen (secondary N) is 1. The summed E-state index contributed by atoms with van der Waals surface area (Å²) >= 11 is 0. The van der Waals surface area contributed by atoms with Gasteiger partial charge in [-0.15, -0.1) is 0 Å². The van der Waals surface area contributed by atoms with Crippen molar-refractivity contribution in [3.05, 3.63) is 35.6 Å². The Morgan fingerprint density at radius 2 is 2.04 bits per heavy atom. The van der Waals surface area contributed by atoms with Crippen molar-refractivity contribution in [1.82, 2.24) is 15.1 Å². The fraction of sp³-hybridized carbons (Fsp3) is 0.471. The molecule has 8 heteroatoms. The summed E-state index contributed by atoms with van der Waals surface area (Å²) in [5.41, 5.74) is 0.858. The topological polar surface area (TPSA) is 78.9 Å². The molecule has 0 bridgehead atoms. The zero-order valence-electron chi connectivity index (χ0n) is 14.3. The van der Waals surface area contributed by atoms with E-state index in [0.29, 0.717) is 19.6 Å². The largest absolute Gasteiger partial charge is 0.468 e. The minimum atomic E-state index is -0.633. The lowest BCUT2D eigenvalue weighted by Crippen LogP contribution is -2.56. The molecule has 1 aromatic rings. The molecule has 136 valence electrons. The number of piperazine rings is 1. The number of hydrogen-bond donors (Lipinski definition) is 1. The third kappa shape index (κ3) is 5.25. The van der Waals surface area contributed by atoms with E-state index in [9.17, 15) is 18.8 Å². The Morgan fingerprint density at radius 1 is 1.36 bits per heavy atom. The molecule has 0 saturated carbocycles. The van der Waals surface area contributed by atoms with Crippen LogP contribution in [0.15, 0.2) is 24.3 Å². The Hall–Kier alpha value is -2.48. The normalized spacial score (nSPS) is 17.7. The van der Waals surface area contributed by atoms with E-state index in [2.05, 4.69) is 10.1 Å². The highest BCUT2D eigenvalue weighted by molar-refractivity contribution is 5.90. The maximum atomic E-state index is 13.0. The van der Waals surface area contributed by atoms with Gasteiger partial charge < -0.3 is 15.0 Å². The zero-order chi connectivity index (χ0) is 18.4. The number of carbonyl (C=O) groups is 3. The molecule has 1 aromatic carbocycles. The highest BCUT2D eigenvalue weighted by Crippen LogP contribution is 2.15. The average molecular weight is 351 g/mol. The Labute approximate surface area is 145 Å². The monoisotopic (exact) mass is 351 g/mol. The molecule has 1 saturated heterocycles. The first-order chi connectivity index (χ1) is 11.9. The highest BCUT2D eigenvalue weighted by Gasteiger charge is 2.32. The molecule has 2 amide bonds. The minimum absolute atomic E-state index is 0.0411. The Balaban J connectivity index is 2.03. The van der Waals surface area contributed by atoms with Gasteiger partial charge in [0.05, 0.1) is 19.6 Å². The summed E-state index contributed by atoms with van der Waals surface area (Å²) in [6.07, 6.45) is -0.0411. The van der Waals surface area contributed by atoms with Crippen LogP contribution in [-0.2, 0) is 25.7 Å². The number of rotatable bonds is 6. The lowest BCUT2D eigenvalue weighted by atomic mass is 10.1. The SMILES string of the molecule is COC(=O)CN(C)C(=O)CC1C(=O)NCCN1Cc1ccc(F)cc1. The molecule has 1 N–H and O–H groups in total. The smallest absolute Gasteiger partial charge is 0.325 e. The number of likely N-dealkylation sites (N-methyl/N-ethyl adjacent to an activating group) is 1. The molecule has 1 atom stereocenters. The molecule has 0 spiro atoms. The van der Waals surface area contributed by atoms with Gasteiger partial charge in [-0.25, -0.2) is 4.39 Å². The number of carbonyl (C=O) groups excluding carboxylic acids is 3. The van der Waals surface area contributed by atoms with Crippen molar-refractivity contribution in [2.75, 3.05) is 33.8 Å². The third-order valence-electron chi connectivity index (χ3n) is 4.13. The van der Waals surface area contributed by atoms with Gasteiger partial charge in [-0.1, -0.05) is 12.1 Å². The van der Waals surface area contributed by atoms with Crippen LogP contribution in [0.3, 0.4) is 0 Å². The van der Waals surface area contributed by atoms with Crippen LogP contribution >= 0.6 is 0 Å². The first-order valence-corrected chi connectivity index (χ1v) is 7.97. The van der Waals surface area contributed by atoms with Crippen LogP contribution in [0.4, 0.5) is 4.39 Å². The summed E-state index contributed by atoms with van der Waals surface area (Å²) < 4.78 is 17.6. The van der Waals surface area contributed by atoms with E-state index in [1.165, 1.54) is 31.2 Å². The van der Waals surface area contributed by atoms with E-state index in [1.807, 2.05) is 4.90 Å². The Morgan fingerprint density at radius 3 is 2.68 bits per heavy atom. The fourth-order valence-corrected chi connectivity index (χ4v) is 2.67. The molecule has 1 aliphatic rings. The fourth-order valence-electron chi connectivity index (χ4n) is 2.67.